The van der Waals surface area contributed by atoms with E-state index in [1.165, 1.54) is 12.1 Å². The first-order valence-electron chi connectivity index (χ1n) is 7.89. The molecule has 0 saturated carbocycles. The zero-order chi connectivity index (χ0) is 16.9. The maximum absolute atomic E-state index is 13.5. The van der Waals surface area contributed by atoms with E-state index < -0.39 is 5.60 Å². The maximum atomic E-state index is 13.5. The first-order valence-corrected chi connectivity index (χ1v) is 7.89. The number of nitrogens with one attached hydrogen (secondary N) is 1. The van der Waals surface area contributed by atoms with E-state index >= 15 is 0 Å². The molecule has 1 rings (SSSR count). The number of amides is 1. The Balaban J connectivity index is 2.88. The Labute approximate surface area is 133 Å². The Kier molecular flexibility index (Phi) is 6.39. The molecule has 1 amide bonds. The van der Waals surface area contributed by atoms with Crippen molar-refractivity contribution in [1.29, 1.82) is 0 Å². The molecule has 124 valence electrons. The minimum atomic E-state index is -1.03. The van der Waals surface area contributed by atoms with Gasteiger partial charge in [0.1, 0.15) is 11.6 Å². The molecule has 1 N–H and O–H groups in total. The molecule has 22 heavy (non-hydrogen) atoms. The van der Waals surface area contributed by atoms with E-state index in [1.54, 1.807) is 19.9 Å². The number of aryl methyl sites for hydroxylation is 1. The third-order valence-corrected chi connectivity index (χ3v) is 3.91. The standard InChI is InChI=1S/C18H28FNO2/c1-12(2)7-8-20-17(21)18(6,13(3)4)22-16-10-14(5)9-15(19)11-16/h9-13H,7-8H2,1-6H3,(H,20,21). The number of benzene rings is 1. The highest BCUT2D eigenvalue weighted by Gasteiger charge is 2.39. The average Bonchev–Trinajstić information content (AvgIpc) is 2.36. The van der Waals surface area contributed by atoms with Crippen molar-refractivity contribution < 1.29 is 13.9 Å². The SMILES string of the molecule is Cc1cc(F)cc(OC(C)(C(=O)NCCC(C)C)C(C)C)c1. The summed E-state index contributed by atoms with van der Waals surface area (Å²) in [5.41, 5.74) is -0.265. The van der Waals surface area contributed by atoms with Gasteiger partial charge in [-0.3, -0.25) is 4.79 Å². The van der Waals surface area contributed by atoms with Gasteiger partial charge in [0.2, 0.25) is 0 Å². The summed E-state index contributed by atoms with van der Waals surface area (Å²) in [6, 6.07) is 4.49. The van der Waals surface area contributed by atoms with Crippen molar-refractivity contribution in [2.45, 2.75) is 53.6 Å². The molecule has 0 aromatic heterocycles. The fourth-order valence-corrected chi connectivity index (χ4v) is 2.08. The second-order valence-corrected chi connectivity index (χ2v) is 6.77. The number of carbonyl (C=O) groups excluding carboxylic acids is 1. The summed E-state index contributed by atoms with van der Waals surface area (Å²) < 4.78 is 19.4. The lowest BCUT2D eigenvalue weighted by atomic mass is 9.91. The van der Waals surface area contributed by atoms with Gasteiger partial charge in [-0.15, -0.1) is 0 Å². The molecule has 1 atom stereocenters. The summed E-state index contributed by atoms with van der Waals surface area (Å²) in [4.78, 5) is 12.5. The molecule has 0 aliphatic rings. The van der Waals surface area contributed by atoms with Crippen molar-refractivity contribution in [2.75, 3.05) is 6.54 Å². The number of halogens is 1. The van der Waals surface area contributed by atoms with Crippen molar-refractivity contribution >= 4 is 5.91 Å². The number of rotatable bonds is 7. The van der Waals surface area contributed by atoms with Gasteiger partial charge in [-0.25, -0.2) is 4.39 Å². The van der Waals surface area contributed by atoms with Crippen LogP contribution in [0.4, 0.5) is 4.39 Å². The molecule has 1 aromatic rings. The molecular formula is C18H28FNO2. The quantitative estimate of drug-likeness (QED) is 0.824. The molecule has 0 aliphatic heterocycles. The van der Waals surface area contributed by atoms with Gasteiger partial charge >= 0.3 is 0 Å². The average molecular weight is 309 g/mol. The lowest BCUT2D eigenvalue weighted by Gasteiger charge is -2.33. The van der Waals surface area contributed by atoms with Crippen LogP contribution in [0.5, 0.6) is 5.75 Å². The van der Waals surface area contributed by atoms with E-state index in [0.717, 1.165) is 12.0 Å². The summed E-state index contributed by atoms with van der Waals surface area (Å²) in [5.74, 6) is 0.339. The van der Waals surface area contributed by atoms with Crippen LogP contribution in [-0.4, -0.2) is 18.1 Å². The Morgan fingerprint density at radius 2 is 1.91 bits per heavy atom. The molecular weight excluding hydrogens is 281 g/mol. The smallest absolute Gasteiger partial charge is 0.264 e. The fourth-order valence-electron chi connectivity index (χ4n) is 2.08. The molecule has 0 aliphatic carbocycles. The molecule has 0 heterocycles. The van der Waals surface area contributed by atoms with E-state index in [0.29, 0.717) is 18.2 Å². The van der Waals surface area contributed by atoms with E-state index in [9.17, 15) is 9.18 Å². The third-order valence-electron chi connectivity index (χ3n) is 3.91. The van der Waals surface area contributed by atoms with Crippen LogP contribution < -0.4 is 10.1 Å². The molecule has 0 fully saturated rings. The van der Waals surface area contributed by atoms with Gasteiger partial charge in [-0.05, 0) is 43.9 Å². The van der Waals surface area contributed by atoms with Crippen LogP contribution in [0.15, 0.2) is 18.2 Å². The van der Waals surface area contributed by atoms with Crippen LogP contribution in [0.3, 0.4) is 0 Å². The second kappa shape index (κ2) is 7.61. The molecule has 0 bridgehead atoms. The Morgan fingerprint density at radius 3 is 2.41 bits per heavy atom. The molecule has 0 radical (unpaired) electrons. The zero-order valence-electron chi connectivity index (χ0n) is 14.5. The van der Waals surface area contributed by atoms with E-state index in [4.69, 9.17) is 4.74 Å². The largest absolute Gasteiger partial charge is 0.477 e. The van der Waals surface area contributed by atoms with Crippen LogP contribution in [0.25, 0.3) is 0 Å². The van der Waals surface area contributed by atoms with Crippen molar-refractivity contribution in [3.8, 4) is 5.75 Å². The monoisotopic (exact) mass is 309 g/mol. The van der Waals surface area contributed by atoms with Gasteiger partial charge in [-0.1, -0.05) is 27.7 Å². The van der Waals surface area contributed by atoms with E-state index in [-0.39, 0.29) is 17.6 Å². The van der Waals surface area contributed by atoms with Crippen LogP contribution in [-0.2, 0) is 4.79 Å². The van der Waals surface area contributed by atoms with Gasteiger partial charge < -0.3 is 10.1 Å². The highest BCUT2D eigenvalue weighted by atomic mass is 19.1. The van der Waals surface area contributed by atoms with E-state index in [2.05, 4.69) is 19.2 Å². The highest BCUT2D eigenvalue weighted by Crippen LogP contribution is 2.27. The first-order chi connectivity index (χ1) is 10.1. The van der Waals surface area contributed by atoms with Crippen molar-refractivity contribution in [1.82, 2.24) is 5.32 Å². The topological polar surface area (TPSA) is 38.3 Å². The number of carbonyl (C=O) groups is 1. The Hall–Kier alpha value is -1.58. The lowest BCUT2D eigenvalue weighted by Crippen LogP contribution is -2.53. The van der Waals surface area contributed by atoms with Crippen molar-refractivity contribution in [2.24, 2.45) is 11.8 Å². The maximum Gasteiger partial charge on any atom is 0.264 e. The molecule has 1 unspecified atom stereocenters. The minimum Gasteiger partial charge on any atom is -0.477 e. The molecule has 0 spiro atoms. The number of ether oxygens (including phenoxy) is 1. The molecule has 0 saturated heterocycles. The van der Waals surface area contributed by atoms with Crippen LogP contribution in [0, 0.1) is 24.6 Å². The second-order valence-electron chi connectivity index (χ2n) is 6.77. The predicted molar refractivity (Wildman–Crippen MR) is 87.5 cm³/mol. The van der Waals surface area contributed by atoms with E-state index in [1.807, 2.05) is 13.8 Å². The van der Waals surface area contributed by atoms with Gasteiger partial charge in [0.15, 0.2) is 5.60 Å². The molecule has 1 aromatic carbocycles. The summed E-state index contributed by atoms with van der Waals surface area (Å²) in [7, 11) is 0. The van der Waals surface area contributed by atoms with Crippen molar-refractivity contribution in [3.05, 3.63) is 29.6 Å². The first kappa shape index (κ1) is 18.5. The predicted octanol–water partition coefficient (Wildman–Crippen LogP) is 4.09. The third kappa shape index (κ3) is 5.00. The molecule has 3 nitrogen and oxygen atoms in total. The highest BCUT2D eigenvalue weighted by molar-refractivity contribution is 5.85. The summed E-state index contributed by atoms with van der Waals surface area (Å²) in [6.45, 7) is 12.2. The summed E-state index contributed by atoms with van der Waals surface area (Å²) in [6.07, 6.45) is 0.916. The number of hydrogen-bond acceptors (Lipinski definition) is 2. The van der Waals surface area contributed by atoms with Crippen LogP contribution in [0.1, 0.15) is 46.6 Å². The Bertz CT molecular complexity index is 494. The van der Waals surface area contributed by atoms with Gasteiger partial charge in [0, 0.05) is 18.5 Å². The van der Waals surface area contributed by atoms with Crippen LogP contribution >= 0.6 is 0 Å². The summed E-state index contributed by atoms with van der Waals surface area (Å²) in [5, 5.41) is 2.93. The fraction of sp³-hybridized carbons (Fsp3) is 0.611. The number of hydrogen-bond donors (Lipinski definition) is 1. The van der Waals surface area contributed by atoms with Crippen LogP contribution in [0.2, 0.25) is 0 Å². The summed E-state index contributed by atoms with van der Waals surface area (Å²) >= 11 is 0. The minimum absolute atomic E-state index is 0.0462. The van der Waals surface area contributed by atoms with Crippen molar-refractivity contribution in [3.63, 3.8) is 0 Å². The molecule has 4 heteroatoms. The lowest BCUT2D eigenvalue weighted by molar-refractivity contribution is -0.139. The van der Waals surface area contributed by atoms with Gasteiger partial charge in [0.05, 0.1) is 0 Å². The van der Waals surface area contributed by atoms with Gasteiger partial charge in [0.25, 0.3) is 5.91 Å². The normalized spacial score (nSPS) is 14.0. The van der Waals surface area contributed by atoms with Gasteiger partial charge in [-0.2, -0.15) is 0 Å². The zero-order valence-corrected chi connectivity index (χ0v) is 14.5. The Morgan fingerprint density at radius 1 is 1.27 bits per heavy atom.